The van der Waals surface area contributed by atoms with E-state index in [0.29, 0.717) is 13.1 Å². The number of carbonyl (C=O) groups is 1. The van der Waals surface area contributed by atoms with Crippen LogP contribution in [0.3, 0.4) is 0 Å². The lowest BCUT2D eigenvalue weighted by Crippen LogP contribution is -2.31. The highest BCUT2D eigenvalue weighted by molar-refractivity contribution is 6.31. The van der Waals surface area contributed by atoms with Crippen molar-refractivity contribution in [3.63, 3.8) is 0 Å². The summed E-state index contributed by atoms with van der Waals surface area (Å²) in [6.45, 7) is 1.04. The van der Waals surface area contributed by atoms with Gasteiger partial charge in [0.2, 0.25) is 0 Å². The van der Waals surface area contributed by atoms with Crippen LogP contribution in [0.2, 0.25) is 5.02 Å². The third-order valence-electron chi connectivity index (χ3n) is 2.85. The van der Waals surface area contributed by atoms with Crippen LogP contribution in [0.4, 0.5) is 5.69 Å². The summed E-state index contributed by atoms with van der Waals surface area (Å²) in [6.07, 6.45) is 0.744. The fourth-order valence-electron chi connectivity index (χ4n) is 1.96. The average molecular weight is 270 g/mol. The number of nitro groups is 1. The maximum absolute atomic E-state index is 12.1. The zero-order chi connectivity index (χ0) is 13.3. The maximum Gasteiger partial charge on any atom is 0.271 e. The van der Waals surface area contributed by atoms with Crippen LogP contribution in [0.15, 0.2) is 18.2 Å². The molecule has 1 amide bonds. The lowest BCUT2D eigenvalue weighted by atomic mass is 10.2. The van der Waals surface area contributed by atoms with Gasteiger partial charge in [0.05, 0.1) is 4.92 Å². The number of nitro benzene ring substituents is 1. The molecule has 0 radical (unpaired) electrons. The molecule has 0 aliphatic carbocycles. The summed E-state index contributed by atoms with van der Waals surface area (Å²) >= 11 is 5.77. The molecule has 7 heteroatoms. The molecule has 1 atom stereocenters. The minimum Gasteiger partial charge on any atom is -0.337 e. The van der Waals surface area contributed by atoms with Crippen LogP contribution in [0.5, 0.6) is 0 Å². The Kier molecular flexibility index (Phi) is 3.49. The minimum absolute atomic E-state index is 0.0249. The Morgan fingerprint density at radius 1 is 1.50 bits per heavy atom. The molecular formula is C11H12ClN3O3. The first-order valence-electron chi connectivity index (χ1n) is 5.47. The fourth-order valence-corrected chi connectivity index (χ4v) is 2.19. The smallest absolute Gasteiger partial charge is 0.271 e. The predicted octanol–water partition coefficient (Wildman–Crippen LogP) is 1.42. The van der Waals surface area contributed by atoms with E-state index in [4.69, 9.17) is 17.3 Å². The molecule has 1 fully saturated rings. The fraction of sp³-hybridized carbons (Fsp3) is 0.364. The highest BCUT2D eigenvalue weighted by Crippen LogP contribution is 2.23. The molecule has 96 valence electrons. The van der Waals surface area contributed by atoms with E-state index in [1.54, 1.807) is 4.90 Å². The monoisotopic (exact) mass is 269 g/mol. The number of nitrogens with two attached hydrogens (primary N) is 1. The van der Waals surface area contributed by atoms with Crippen LogP contribution in [0.1, 0.15) is 16.8 Å². The van der Waals surface area contributed by atoms with E-state index in [2.05, 4.69) is 0 Å². The van der Waals surface area contributed by atoms with E-state index >= 15 is 0 Å². The highest BCUT2D eigenvalue weighted by atomic mass is 35.5. The molecule has 6 nitrogen and oxygen atoms in total. The number of hydrogen-bond acceptors (Lipinski definition) is 4. The quantitative estimate of drug-likeness (QED) is 0.649. The SMILES string of the molecule is N[C@@H]1CCN(C(=O)c2cc(Cl)cc([N+](=O)[O-])c2)C1. The third kappa shape index (κ3) is 2.60. The maximum atomic E-state index is 12.1. The molecule has 1 aromatic carbocycles. The number of benzene rings is 1. The van der Waals surface area contributed by atoms with E-state index in [9.17, 15) is 14.9 Å². The van der Waals surface area contributed by atoms with Crippen molar-refractivity contribution in [1.29, 1.82) is 0 Å². The summed E-state index contributed by atoms with van der Waals surface area (Å²) in [4.78, 5) is 23.8. The van der Waals surface area contributed by atoms with Gasteiger partial charge in [0.25, 0.3) is 11.6 Å². The summed E-state index contributed by atoms with van der Waals surface area (Å²) in [7, 11) is 0. The van der Waals surface area contributed by atoms with E-state index < -0.39 is 4.92 Å². The van der Waals surface area contributed by atoms with E-state index in [1.165, 1.54) is 18.2 Å². The van der Waals surface area contributed by atoms with Crippen LogP contribution in [-0.4, -0.2) is 34.9 Å². The second-order valence-corrected chi connectivity index (χ2v) is 4.69. The number of halogens is 1. The molecule has 1 aliphatic rings. The third-order valence-corrected chi connectivity index (χ3v) is 3.07. The van der Waals surface area contributed by atoms with E-state index in [-0.39, 0.29) is 28.2 Å². The zero-order valence-electron chi connectivity index (χ0n) is 9.51. The van der Waals surface area contributed by atoms with Crippen molar-refractivity contribution in [2.45, 2.75) is 12.5 Å². The Morgan fingerprint density at radius 2 is 2.22 bits per heavy atom. The molecule has 2 N–H and O–H groups in total. The predicted molar refractivity (Wildman–Crippen MR) is 66.6 cm³/mol. The Labute approximate surface area is 108 Å². The first kappa shape index (κ1) is 12.8. The van der Waals surface area contributed by atoms with Crippen LogP contribution in [-0.2, 0) is 0 Å². The molecule has 2 rings (SSSR count). The van der Waals surface area contributed by atoms with Gasteiger partial charge in [0.1, 0.15) is 0 Å². The van der Waals surface area contributed by atoms with Gasteiger partial charge in [-0.3, -0.25) is 14.9 Å². The summed E-state index contributed by atoms with van der Waals surface area (Å²) in [5.74, 6) is -0.270. The molecule has 0 aromatic heterocycles. The van der Waals surface area contributed by atoms with Crippen LogP contribution in [0.25, 0.3) is 0 Å². The Morgan fingerprint density at radius 3 is 2.78 bits per heavy atom. The van der Waals surface area contributed by atoms with Crippen molar-refractivity contribution in [2.75, 3.05) is 13.1 Å². The van der Waals surface area contributed by atoms with Gasteiger partial charge in [0.15, 0.2) is 0 Å². The molecule has 1 saturated heterocycles. The van der Waals surface area contributed by atoms with Gasteiger partial charge in [-0.25, -0.2) is 0 Å². The van der Waals surface area contributed by atoms with Gasteiger partial charge in [-0.05, 0) is 12.5 Å². The van der Waals surface area contributed by atoms with Crippen molar-refractivity contribution >= 4 is 23.2 Å². The molecular weight excluding hydrogens is 258 g/mol. The zero-order valence-corrected chi connectivity index (χ0v) is 10.3. The molecule has 18 heavy (non-hydrogen) atoms. The standard InChI is InChI=1S/C11H12ClN3O3/c12-8-3-7(4-10(5-8)15(17)18)11(16)14-2-1-9(13)6-14/h3-5,9H,1-2,6,13H2/t9-/m1/s1. The minimum atomic E-state index is -0.571. The van der Waals surface area contributed by atoms with Crippen molar-refractivity contribution in [1.82, 2.24) is 4.90 Å². The summed E-state index contributed by atoms with van der Waals surface area (Å²) in [5.41, 5.74) is 5.76. The Bertz CT molecular complexity index is 506. The summed E-state index contributed by atoms with van der Waals surface area (Å²) in [5, 5.41) is 10.9. The number of hydrogen-bond donors (Lipinski definition) is 1. The molecule has 0 saturated carbocycles. The van der Waals surface area contributed by atoms with Gasteiger partial charge >= 0.3 is 0 Å². The first-order valence-corrected chi connectivity index (χ1v) is 5.85. The lowest BCUT2D eigenvalue weighted by molar-refractivity contribution is -0.384. The molecule has 0 spiro atoms. The van der Waals surface area contributed by atoms with Gasteiger partial charge in [-0.1, -0.05) is 11.6 Å². The van der Waals surface area contributed by atoms with Crippen LogP contribution < -0.4 is 5.73 Å². The Balaban J connectivity index is 2.27. The molecule has 1 heterocycles. The normalized spacial score (nSPS) is 19.0. The molecule has 1 aliphatic heterocycles. The second-order valence-electron chi connectivity index (χ2n) is 4.26. The number of nitrogens with zero attached hydrogens (tertiary/aromatic N) is 2. The van der Waals surface area contributed by atoms with Gasteiger partial charge in [-0.15, -0.1) is 0 Å². The molecule has 0 unspecified atom stereocenters. The highest BCUT2D eigenvalue weighted by Gasteiger charge is 2.25. The number of rotatable bonds is 2. The molecule has 0 bridgehead atoms. The van der Waals surface area contributed by atoms with Crippen molar-refractivity contribution in [3.05, 3.63) is 38.9 Å². The number of likely N-dealkylation sites (tertiary alicyclic amines) is 1. The number of non-ortho nitro benzene ring substituents is 1. The van der Waals surface area contributed by atoms with Gasteiger partial charge in [0, 0.05) is 41.9 Å². The second kappa shape index (κ2) is 4.91. The topological polar surface area (TPSA) is 89.5 Å². The van der Waals surface area contributed by atoms with Crippen molar-refractivity contribution < 1.29 is 9.72 Å². The summed E-state index contributed by atoms with van der Waals surface area (Å²) in [6, 6.07) is 3.86. The van der Waals surface area contributed by atoms with E-state index in [1.807, 2.05) is 0 Å². The molecule has 1 aromatic rings. The number of amides is 1. The Hall–Kier alpha value is -1.66. The van der Waals surface area contributed by atoms with Crippen molar-refractivity contribution in [2.24, 2.45) is 5.73 Å². The lowest BCUT2D eigenvalue weighted by Gasteiger charge is -2.15. The van der Waals surface area contributed by atoms with E-state index in [0.717, 1.165) is 6.42 Å². The summed E-state index contributed by atoms with van der Waals surface area (Å²) < 4.78 is 0. The van der Waals surface area contributed by atoms with Gasteiger partial charge < -0.3 is 10.6 Å². The van der Waals surface area contributed by atoms with Crippen LogP contribution >= 0.6 is 11.6 Å². The average Bonchev–Trinajstić information content (AvgIpc) is 2.74. The van der Waals surface area contributed by atoms with Crippen molar-refractivity contribution in [3.8, 4) is 0 Å². The largest absolute Gasteiger partial charge is 0.337 e. The number of carbonyl (C=O) groups excluding carboxylic acids is 1. The van der Waals surface area contributed by atoms with Gasteiger partial charge in [-0.2, -0.15) is 0 Å². The van der Waals surface area contributed by atoms with Crippen LogP contribution in [0, 0.1) is 10.1 Å². The first-order chi connectivity index (χ1) is 8.47.